The van der Waals surface area contributed by atoms with E-state index in [-0.39, 0.29) is 50.4 Å². The SMILES string of the molecule is CC\C=C/C=C\C=C/C=C\C=C\C=C/CCCCCC(=O)OCC(COC(=O)CC/C=C\C/C=C\CCCCCCCC)OC(=O)CCCCCCC\C=C/C=C\C=C/C=C\CC. The van der Waals surface area contributed by atoms with Crippen LogP contribution < -0.4 is 0 Å². The second kappa shape index (κ2) is 49.9. The van der Waals surface area contributed by atoms with E-state index in [0.717, 1.165) is 83.5 Å². The third-order valence-corrected chi connectivity index (χ3v) is 9.58. The van der Waals surface area contributed by atoms with Crippen molar-refractivity contribution >= 4 is 17.9 Å². The van der Waals surface area contributed by atoms with Gasteiger partial charge >= 0.3 is 17.9 Å². The minimum atomic E-state index is -0.837. The summed E-state index contributed by atoms with van der Waals surface area (Å²) in [5.41, 5.74) is 0. The Balaban J connectivity index is 4.63. The Labute approximate surface area is 385 Å². The molecule has 0 radical (unpaired) electrons. The molecule has 0 rings (SSSR count). The molecule has 0 fully saturated rings. The Hall–Kier alpha value is -4.71. The van der Waals surface area contributed by atoms with E-state index in [9.17, 15) is 14.4 Å². The number of carbonyl (C=O) groups is 3. The Morgan fingerprint density at radius 3 is 1.21 bits per heavy atom. The molecule has 0 saturated heterocycles. The smallest absolute Gasteiger partial charge is 0.306 e. The second-order valence-corrected chi connectivity index (χ2v) is 15.5. The van der Waals surface area contributed by atoms with Crippen molar-refractivity contribution in [1.29, 1.82) is 0 Å². The summed E-state index contributed by atoms with van der Waals surface area (Å²) in [6, 6.07) is 0. The molecule has 0 aliphatic rings. The van der Waals surface area contributed by atoms with Gasteiger partial charge in [0, 0.05) is 19.3 Å². The maximum atomic E-state index is 12.8. The monoisotopic (exact) mass is 867 g/mol. The number of carbonyl (C=O) groups excluding carboxylic acids is 3. The number of rotatable bonds is 41. The van der Waals surface area contributed by atoms with Gasteiger partial charge in [-0.3, -0.25) is 14.4 Å². The van der Waals surface area contributed by atoms with Crippen LogP contribution in [0.3, 0.4) is 0 Å². The standard InChI is InChI=1S/C57H86O6/c1-4-7-10-13-16-19-22-25-27-28-30-32-35-38-41-44-47-50-56(59)62-53-54(52-61-55(58)49-46-43-40-37-34-31-24-21-18-15-12-9-6-3)63-57(60)51-48-45-42-39-36-33-29-26-23-20-17-14-11-8-5-2/h7-8,10-11,13-14,16-17,19-20,22-23,25-32,34-35,40,43,54H,4-6,9,12,15,18,21,24,33,36-39,41-42,44-53H2,1-3H3/b10-7-,11-8-,16-13-,17-14-,22-19-,23-20-,27-25-,29-26-,30-28+,34-31-,35-32-,43-40-. The summed E-state index contributed by atoms with van der Waals surface area (Å²) < 4.78 is 16.6. The Morgan fingerprint density at radius 2 is 0.714 bits per heavy atom. The van der Waals surface area contributed by atoms with Gasteiger partial charge in [-0.15, -0.1) is 0 Å². The molecule has 0 aliphatic heterocycles. The van der Waals surface area contributed by atoms with Crippen molar-refractivity contribution in [3.8, 4) is 0 Å². The number of hydrogen-bond donors (Lipinski definition) is 0. The fourth-order valence-corrected chi connectivity index (χ4v) is 5.95. The molecule has 63 heavy (non-hydrogen) atoms. The van der Waals surface area contributed by atoms with Gasteiger partial charge in [0.25, 0.3) is 0 Å². The molecule has 0 spiro atoms. The Bertz CT molecular complexity index is 1460. The molecule has 6 heteroatoms. The molecular weight excluding hydrogens is 781 g/mol. The van der Waals surface area contributed by atoms with Crippen LogP contribution in [-0.2, 0) is 28.6 Å². The van der Waals surface area contributed by atoms with Gasteiger partial charge in [0.2, 0.25) is 0 Å². The Kier molecular flexibility index (Phi) is 46.2. The van der Waals surface area contributed by atoms with Crippen LogP contribution in [0.5, 0.6) is 0 Å². The fraction of sp³-hybridized carbons (Fsp3) is 0.526. The first-order chi connectivity index (χ1) is 31.0. The molecule has 0 amide bonds. The Morgan fingerprint density at radius 1 is 0.349 bits per heavy atom. The number of ether oxygens (including phenoxy) is 3. The molecule has 0 bridgehead atoms. The van der Waals surface area contributed by atoms with Crippen molar-refractivity contribution < 1.29 is 28.6 Å². The fourth-order valence-electron chi connectivity index (χ4n) is 5.95. The maximum absolute atomic E-state index is 12.8. The molecule has 0 aliphatic carbocycles. The van der Waals surface area contributed by atoms with Crippen molar-refractivity contribution in [2.45, 2.75) is 181 Å². The average Bonchev–Trinajstić information content (AvgIpc) is 3.28. The summed E-state index contributed by atoms with van der Waals surface area (Å²) in [4.78, 5) is 37.9. The van der Waals surface area contributed by atoms with E-state index in [4.69, 9.17) is 14.2 Å². The molecule has 0 aromatic rings. The van der Waals surface area contributed by atoms with E-state index in [1.807, 2.05) is 91.1 Å². The topological polar surface area (TPSA) is 78.9 Å². The van der Waals surface area contributed by atoms with Crippen LogP contribution in [0.4, 0.5) is 0 Å². The lowest BCUT2D eigenvalue weighted by molar-refractivity contribution is -0.166. The van der Waals surface area contributed by atoms with Crippen LogP contribution in [-0.4, -0.2) is 37.2 Å². The van der Waals surface area contributed by atoms with Crippen molar-refractivity contribution in [1.82, 2.24) is 0 Å². The highest BCUT2D eigenvalue weighted by atomic mass is 16.6. The number of esters is 3. The van der Waals surface area contributed by atoms with Crippen LogP contribution in [0.25, 0.3) is 0 Å². The van der Waals surface area contributed by atoms with Gasteiger partial charge in [0.15, 0.2) is 6.10 Å². The quantitative estimate of drug-likeness (QED) is 0.0200. The zero-order valence-corrected chi connectivity index (χ0v) is 39.8. The third kappa shape index (κ3) is 48.2. The summed E-state index contributed by atoms with van der Waals surface area (Å²) in [6.45, 7) is 6.20. The summed E-state index contributed by atoms with van der Waals surface area (Å²) in [7, 11) is 0. The van der Waals surface area contributed by atoms with Crippen molar-refractivity contribution in [3.05, 3.63) is 146 Å². The molecule has 0 N–H and O–H groups in total. The maximum Gasteiger partial charge on any atom is 0.306 e. The number of allylic oxidation sites excluding steroid dienone is 24. The predicted molar refractivity (Wildman–Crippen MR) is 269 cm³/mol. The number of unbranched alkanes of at least 4 members (excludes halogenated alkanes) is 14. The van der Waals surface area contributed by atoms with E-state index in [0.29, 0.717) is 12.8 Å². The molecule has 1 atom stereocenters. The summed E-state index contributed by atoms with van der Waals surface area (Å²) in [5.74, 6) is -1.08. The van der Waals surface area contributed by atoms with Gasteiger partial charge in [-0.2, -0.15) is 0 Å². The van der Waals surface area contributed by atoms with Crippen LogP contribution >= 0.6 is 0 Å². The molecular formula is C57H86O6. The van der Waals surface area contributed by atoms with E-state index < -0.39 is 6.10 Å². The van der Waals surface area contributed by atoms with Gasteiger partial charge in [-0.05, 0) is 77.0 Å². The first kappa shape index (κ1) is 58.3. The van der Waals surface area contributed by atoms with Gasteiger partial charge in [-0.1, -0.05) is 224 Å². The van der Waals surface area contributed by atoms with Gasteiger partial charge in [-0.25, -0.2) is 0 Å². The van der Waals surface area contributed by atoms with Crippen LogP contribution in [0.15, 0.2) is 146 Å². The van der Waals surface area contributed by atoms with Gasteiger partial charge in [0.05, 0.1) is 0 Å². The molecule has 350 valence electrons. The highest BCUT2D eigenvalue weighted by Gasteiger charge is 2.19. The van der Waals surface area contributed by atoms with Crippen LogP contribution in [0, 0.1) is 0 Å². The lowest BCUT2D eigenvalue weighted by Gasteiger charge is -2.18. The van der Waals surface area contributed by atoms with Crippen LogP contribution in [0.2, 0.25) is 0 Å². The molecule has 0 saturated carbocycles. The zero-order valence-electron chi connectivity index (χ0n) is 39.8. The minimum absolute atomic E-state index is 0.135. The highest BCUT2D eigenvalue weighted by molar-refractivity contribution is 5.71. The minimum Gasteiger partial charge on any atom is -0.462 e. The number of hydrogen-bond acceptors (Lipinski definition) is 6. The largest absolute Gasteiger partial charge is 0.462 e. The van der Waals surface area contributed by atoms with E-state index in [2.05, 4.69) is 75.5 Å². The third-order valence-electron chi connectivity index (χ3n) is 9.58. The average molecular weight is 867 g/mol. The summed E-state index contributed by atoms with van der Waals surface area (Å²) >= 11 is 0. The second-order valence-electron chi connectivity index (χ2n) is 15.5. The van der Waals surface area contributed by atoms with E-state index in [1.165, 1.54) is 38.5 Å². The van der Waals surface area contributed by atoms with Crippen molar-refractivity contribution in [2.24, 2.45) is 0 Å². The van der Waals surface area contributed by atoms with Gasteiger partial charge < -0.3 is 14.2 Å². The molecule has 0 aromatic heterocycles. The lowest BCUT2D eigenvalue weighted by atomic mass is 10.1. The molecule has 1 unspecified atom stereocenters. The highest BCUT2D eigenvalue weighted by Crippen LogP contribution is 2.12. The summed E-state index contributed by atoms with van der Waals surface area (Å²) in [6.07, 6.45) is 71.2. The normalized spacial score (nSPS) is 13.4. The van der Waals surface area contributed by atoms with E-state index >= 15 is 0 Å². The van der Waals surface area contributed by atoms with Gasteiger partial charge in [0.1, 0.15) is 13.2 Å². The lowest BCUT2D eigenvalue weighted by Crippen LogP contribution is -2.30. The molecule has 6 nitrogen and oxygen atoms in total. The molecule has 0 aromatic carbocycles. The zero-order chi connectivity index (χ0) is 45.8. The first-order valence-corrected chi connectivity index (χ1v) is 24.5. The first-order valence-electron chi connectivity index (χ1n) is 24.5. The van der Waals surface area contributed by atoms with Crippen LogP contribution in [0.1, 0.15) is 175 Å². The molecule has 0 heterocycles. The predicted octanol–water partition coefficient (Wildman–Crippen LogP) is 16.1. The summed E-state index contributed by atoms with van der Waals surface area (Å²) in [5, 5.41) is 0. The van der Waals surface area contributed by atoms with Crippen molar-refractivity contribution in [3.63, 3.8) is 0 Å². The van der Waals surface area contributed by atoms with E-state index in [1.54, 1.807) is 0 Å². The van der Waals surface area contributed by atoms with Crippen molar-refractivity contribution in [2.75, 3.05) is 13.2 Å².